The average Bonchev–Trinajstić information content (AvgIpc) is 2.27. The smallest absolute Gasteiger partial charge is 0.225 e. The summed E-state index contributed by atoms with van der Waals surface area (Å²) in [7, 11) is 0. The molecule has 2 aliphatic rings. The van der Waals surface area contributed by atoms with Crippen molar-refractivity contribution in [1.29, 1.82) is 0 Å². The summed E-state index contributed by atoms with van der Waals surface area (Å²) >= 11 is 0. The van der Waals surface area contributed by atoms with Gasteiger partial charge in [0.25, 0.3) is 0 Å². The summed E-state index contributed by atoms with van der Waals surface area (Å²) in [5.74, 6) is 0.485. The van der Waals surface area contributed by atoms with Crippen molar-refractivity contribution in [2.45, 2.75) is 51.6 Å². The van der Waals surface area contributed by atoms with Gasteiger partial charge in [0.2, 0.25) is 5.91 Å². The monoisotopic (exact) mass is 210 g/mol. The van der Waals surface area contributed by atoms with Gasteiger partial charge < -0.3 is 10.2 Å². The Morgan fingerprint density at radius 1 is 1.33 bits per heavy atom. The Morgan fingerprint density at radius 2 is 2.13 bits per heavy atom. The molecule has 2 aliphatic heterocycles. The minimum atomic E-state index is 0.144. The molecule has 0 aromatic heterocycles. The van der Waals surface area contributed by atoms with Crippen molar-refractivity contribution >= 4 is 5.91 Å². The molecule has 2 heterocycles. The van der Waals surface area contributed by atoms with Crippen LogP contribution in [0.3, 0.4) is 0 Å². The highest BCUT2D eigenvalue weighted by atomic mass is 16.2. The fraction of sp³-hybridized carbons (Fsp3) is 0.917. The summed E-state index contributed by atoms with van der Waals surface area (Å²) in [6, 6.07) is 1.04. The lowest BCUT2D eigenvalue weighted by molar-refractivity contribution is -0.139. The Bertz CT molecular complexity index is 238. The van der Waals surface area contributed by atoms with E-state index in [0.29, 0.717) is 18.0 Å². The first-order valence-corrected chi connectivity index (χ1v) is 6.24. The lowest BCUT2D eigenvalue weighted by atomic mass is 9.89. The second kappa shape index (κ2) is 4.52. The normalized spacial score (nSPS) is 31.5. The van der Waals surface area contributed by atoms with Crippen LogP contribution in [0.15, 0.2) is 0 Å². The first-order valence-electron chi connectivity index (χ1n) is 6.24. The lowest BCUT2D eigenvalue weighted by Crippen LogP contribution is -2.59. The highest BCUT2D eigenvalue weighted by Crippen LogP contribution is 2.25. The van der Waals surface area contributed by atoms with E-state index >= 15 is 0 Å². The summed E-state index contributed by atoms with van der Waals surface area (Å²) in [5.41, 5.74) is 0. The standard InChI is InChI=1S/C12H22N2O/c1-9(2)12(15)14-8-4-5-10-11(14)6-3-7-13-10/h9-11,13H,3-8H2,1-2H3. The zero-order valence-electron chi connectivity index (χ0n) is 9.83. The van der Waals surface area contributed by atoms with Crippen LogP contribution in [-0.4, -0.2) is 36.0 Å². The molecule has 3 heteroatoms. The Kier molecular flexibility index (Phi) is 3.29. The molecule has 0 aromatic carbocycles. The van der Waals surface area contributed by atoms with Crippen molar-refractivity contribution in [3.63, 3.8) is 0 Å². The van der Waals surface area contributed by atoms with Crippen LogP contribution in [0.2, 0.25) is 0 Å². The molecular weight excluding hydrogens is 188 g/mol. The van der Waals surface area contributed by atoms with Gasteiger partial charge in [-0.05, 0) is 32.2 Å². The van der Waals surface area contributed by atoms with Crippen LogP contribution in [0, 0.1) is 5.92 Å². The third-order valence-corrected chi connectivity index (χ3v) is 3.64. The minimum absolute atomic E-state index is 0.144. The van der Waals surface area contributed by atoms with Gasteiger partial charge in [-0.3, -0.25) is 4.79 Å². The molecule has 2 saturated heterocycles. The predicted molar refractivity (Wildman–Crippen MR) is 60.6 cm³/mol. The first-order chi connectivity index (χ1) is 7.20. The van der Waals surface area contributed by atoms with Gasteiger partial charge in [0.05, 0.1) is 0 Å². The number of nitrogens with zero attached hydrogens (tertiary/aromatic N) is 1. The fourth-order valence-corrected chi connectivity index (χ4v) is 2.86. The van der Waals surface area contributed by atoms with E-state index in [0.717, 1.165) is 19.5 Å². The van der Waals surface area contributed by atoms with E-state index in [9.17, 15) is 4.79 Å². The maximum atomic E-state index is 12.1. The van der Waals surface area contributed by atoms with Crippen molar-refractivity contribution in [3.8, 4) is 0 Å². The Labute approximate surface area is 92.2 Å². The molecule has 86 valence electrons. The molecule has 15 heavy (non-hydrogen) atoms. The number of carbonyl (C=O) groups excluding carboxylic acids is 1. The number of piperidine rings is 2. The average molecular weight is 210 g/mol. The third-order valence-electron chi connectivity index (χ3n) is 3.64. The topological polar surface area (TPSA) is 32.3 Å². The highest BCUT2D eigenvalue weighted by molar-refractivity contribution is 5.78. The molecule has 0 spiro atoms. The minimum Gasteiger partial charge on any atom is -0.338 e. The van der Waals surface area contributed by atoms with Gasteiger partial charge in [0, 0.05) is 24.5 Å². The summed E-state index contributed by atoms with van der Waals surface area (Å²) in [5, 5.41) is 3.55. The van der Waals surface area contributed by atoms with Crippen molar-refractivity contribution in [2.75, 3.05) is 13.1 Å². The second-order valence-corrected chi connectivity index (χ2v) is 5.10. The summed E-state index contributed by atoms with van der Waals surface area (Å²) in [6.07, 6.45) is 4.80. The zero-order chi connectivity index (χ0) is 10.8. The maximum Gasteiger partial charge on any atom is 0.225 e. The van der Waals surface area contributed by atoms with Crippen molar-refractivity contribution in [2.24, 2.45) is 5.92 Å². The highest BCUT2D eigenvalue weighted by Gasteiger charge is 2.35. The van der Waals surface area contributed by atoms with E-state index < -0.39 is 0 Å². The summed E-state index contributed by atoms with van der Waals surface area (Å²) < 4.78 is 0. The number of hydrogen-bond donors (Lipinski definition) is 1. The van der Waals surface area contributed by atoms with Crippen LogP contribution in [0.4, 0.5) is 0 Å². The molecule has 0 aromatic rings. The maximum absolute atomic E-state index is 12.1. The van der Waals surface area contributed by atoms with Crippen LogP contribution in [-0.2, 0) is 4.79 Å². The van der Waals surface area contributed by atoms with E-state index in [-0.39, 0.29) is 5.92 Å². The molecule has 3 nitrogen and oxygen atoms in total. The van der Waals surface area contributed by atoms with E-state index in [1.807, 2.05) is 13.8 Å². The Hall–Kier alpha value is -0.570. The summed E-state index contributed by atoms with van der Waals surface area (Å²) in [6.45, 7) is 6.11. The molecule has 1 N–H and O–H groups in total. The molecule has 0 saturated carbocycles. The van der Waals surface area contributed by atoms with Gasteiger partial charge in [-0.25, -0.2) is 0 Å². The van der Waals surface area contributed by atoms with E-state index in [1.54, 1.807) is 0 Å². The number of fused-ring (bicyclic) bond motifs is 1. The first kappa shape index (κ1) is 10.9. The van der Waals surface area contributed by atoms with Gasteiger partial charge in [0.15, 0.2) is 0 Å². The number of rotatable bonds is 1. The van der Waals surface area contributed by atoms with Gasteiger partial charge >= 0.3 is 0 Å². The summed E-state index contributed by atoms with van der Waals surface area (Å²) in [4.78, 5) is 14.2. The third kappa shape index (κ3) is 2.17. The van der Waals surface area contributed by atoms with Crippen molar-refractivity contribution in [3.05, 3.63) is 0 Å². The van der Waals surface area contributed by atoms with Gasteiger partial charge in [0.1, 0.15) is 0 Å². The Balaban J connectivity index is 2.06. The fourth-order valence-electron chi connectivity index (χ4n) is 2.86. The quantitative estimate of drug-likeness (QED) is 0.709. The molecule has 0 bridgehead atoms. The molecule has 2 atom stereocenters. The van der Waals surface area contributed by atoms with Crippen LogP contribution >= 0.6 is 0 Å². The number of carbonyl (C=O) groups is 1. The Morgan fingerprint density at radius 3 is 2.87 bits per heavy atom. The predicted octanol–water partition coefficient (Wildman–Crippen LogP) is 1.39. The number of likely N-dealkylation sites (tertiary alicyclic amines) is 1. The van der Waals surface area contributed by atoms with Crippen LogP contribution in [0.25, 0.3) is 0 Å². The van der Waals surface area contributed by atoms with Crippen LogP contribution < -0.4 is 5.32 Å². The van der Waals surface area contributed by atoms with E-state index in [4.69, 9.17) is 0 Å². The van der Waals surface area contributed by atoms with Crippen LogP contribution in [0.1, 0.15) is 39.5 Å². The largest absolute Gasteiger partial charge is 0.338 e. The van der Waals surface area contributed by atoms with Crippen molar-refractivity contribution in [1.82, 2.24) is 10.2 Å². The number of hydrogen-bond acceptors (Lipinski definition) is 2. The van der Waals surface area contributed by atoms with Gasteiger partial charge in [-0.15, -0.1) is 0 Å². The zero-order valence-corrected chi connectivity index (χ0v) is 9.83. The molecule has 0 aliphatic carbocycles. The molecule has 2 rings (SSSR count). The van der Waals surface area contributed by atoms with E-state index in [1.165, 1.54) is 19.3 Å². The van der Waals surface area contributed by atoms with Crippen molar-refractivity contribution < 1.29 is 4.79 Å². The molecular formula is C12H22N2O. The number of nitrogens with one attached hydrogen (secondary N) is 1. The molecule has 2 fully saturated rings. The SMILES string of the molecule is CC(C)C(=O)N1CCCC2NCCCC21. The second-order valence-electron chi connectivity index (χ2n) is 5.10. The lowest BCUT2D eigenvalue weighted by Gasteiger charge is -2.45. The van der Waals surface area contributed by atoms with Crippen LogP contribution in [0.5, 0.6) is 0 Å². The molecule has 2 unspecified atom stereocenters. The molecule has 1 amide bonds. The number of amides is 1. The molecule has 0 radical (unpaired) electrons. The van der Waals surface area contributed by atoms with Gasteiger partial charge in [-0.2, -0.15) is 0 Å². The van der Waals surface area contributed by atoms with Gasteiger partial charge in [-0.1, -0.05) is 13.8 Å². The van der Waals surface area contributed by atoms with E-state index in [2.05, 4.69) is 10.2 Å².